The summed E-state index contributed by atoms with van der Waals surface area (Å²) in [6.07, 6.45) is 3.25. The Morgan fingerprint density at radius 2 is 2.35 bits per heavy atom. The zero-order valence-corrected chi connectivity index (χ0v) is 9.46. The Morgan fingerprint density at radius 3 is 3.06 bits per heavy atom. The lowest BCUT2D eigenvalue weighted by Crippen LogP contribution is -2.23. The van der Waals surface area contributed by atoms with Gasteiger partial charge in [0.1, 0.15) is 5.82 Å². The quantitative estimate of drug-likeness (QED) is 0.880. The Morgan fingerprint density at radius 1 is 1.53 bits per heavy atom. The second-order valence-electron chi connectivity index (χ2n) is 3.39. The minimum Gasteiger partial charge on any atom is -0.348 e. The maximum atomic E-state index is 13.1. The number of aromatic nitrogens is 2. The van der Waals surface area contributed by atoms with Gasteiger partial charge in [-0.2, -0.15) is 5.10 Å². The van der Waals surface area contributed by atoms with E-state index in [0.717, 1.165) is 5.56 Å². The Hall–Kier alpha value is -1.88. The summed E-state index contributed by atoms with van der Waals surface area (Å²) in [6.45, 7) is 0.308. The summed E-state index contributed by atoms with van der Waals surface area (Å²) in [4.78, 5) is 11.7. The minimum absolute atomic E-state index is 0.121. The molecule has 1 aromatic carbocycles. The molecule has 1 heterocycles. The van der Waals surface area contributed by atoms with Crippen LogP contribution in [-0.4, -0.2) is 16.1 Å². The molecule has 0 saturated carbocycles. The molecule has 0 aliphatic heterocycles. The van der Waals surface area contributed by atoms with E-state index in [4.69, 9.17) is 11.6 Å². The lowest BCUT2D eigenvalue weighted by Gasteiger charge is -2.05. The maximum absolute atomic E-state index is 13.1. The minimum atomic E-state index is -0.609. The van der Waals surface area contributed by atoms with Crippen LogP contribution in [0.2, 0.25) is 5.02 Å². The number of nitrogens with one attached hydrogen (secondary N) is 2. The van der Waals surface area contributed by atoms with Crippen LogP contribution in [0.1, 0.15) is 15.9 Å². The van der Waals surface area contributed by atoms with Crippen molar-refractivity contribution in [1.29, 1.82) is 0 Å². The number of rotatable bonds is 3. The normalized spacial score (nSPS) is 10.2. The molecule has 0 aliphatic carbocycles. The molecule has 0 unspecified atom stereocenters. The van der Waals surface area contributed by atoms with Gasteiger partial charge in [0.25, 0.3) is 5.91 Å². The van der Waals surface area contributed by atoms with E-state index in [1.165, 1.54) is 18.2 Å². The molecule has 0 aliphatic rings. The highest BCUT2D eigenvalue weighted by Crippen LogP contribution is 2.19. The summed E-state index contributed by atoms with van der Waals surface area (Å²) in [5.74, 6) is -1.03. The zero-order valence-electron chi connectivity index (χ0n) is 8.71. The van der Waals surface area contributed by atoms with Crippen molar-refractivity contribution in [2.45, 2.75) is 6.54 Å². The molecule has 1 aromatic heterocycles. The number of hydrogen-bond donors (Lipinski definition) is 2. The molecule has 4 nitrogen and oxygen atoms in total. The first-order valence-corrected chi connectivity index (χ1v) is 5.26. The van der Waals surface area contributed by atoms with Gasteiger partial charge in [-0.1, -0.05) is 17.7 Å². The monoisotopic (exact) mass is 253 g/mol. The van der Waals surface area contributed by atoms with E-state index in [0.29, 0.717) is 6.54 Å². The molecule has 2 aromatic rings. The third-order valence-corrected chi connectivity index (χ3v) is 2.59. The molecule has 2 rings (SSSR count). The summed E-state index contributed by atoms with van der Waals surface area (Å²) >= 11 is 5.69. The molecule has 17 heavy (non-hydrogen) atoms. The van der Waals surface area contributed by atoms with Gasteiger partial charge in [0, 0.05) is 18.3 Å². The van der Waals surface area contributed by atoms with Crippen LogP contribution in [0, 0.1) is 5.82 Å². The fourth-order valence-electron chi connectivity index (χ4n) is 1.33. The standard InChI is InChI=1S/C11H9ClFN3O/c12-10-8(2-1-3-9(10)13)11(17)14-4-7-5-15-16-6-7/h1-3,5-6H,4H2,(H,14,17)(H,15,16). The van der Waals surface area contributed by atoms with Crippen molar-refractivity contribution < 1.29 is 9.18 Å². The van der Waals surface area contributed by atoms with Crippen LogP contribution in [0.4, 0.5) is 4.39 Å². The molecule has 0 radical (unpaired) electrons. The van der Waals surface area contributed by atoms with Crippen LogP contribution >= 0.6 is 11.6 Å². The maximum Gasteiger partial charge on any atom is 0.253 e. The van der Waals surface area contributed by atoms with Gasteiger partial charge in [-0.3, -0.25) is 9.89 Å². The lowest BCUT2D eigenvalue weighted by atomic mass is 10.2. The van der Waals surface area contributed by atoms with Gasteiger partial charge < -0.3 is 5.32 Å². The fraction of sp³-hybridized carbons (Fsp3) is 0.0909. The molecule has 88 valence electrons. The van der Waals surface area contributed by atoms with Crippen LogP contribution in [0.3, 0.4) is 0 Å². The van der Waals surface area contributed by atoms with Crippen LogP contribution < -0.4 is 5.32 Å². The SMILES string of the molecule is O=C(NCc1cn[nH]c1)c1cccc(F)c1Cl. The lowest BCUT2D eigenvalue weighted by molar-refractivity contribution is 0.0950. The second kappa shape index (κ2) is 4.97. The molecule has 0 saturated heterocycles. The number of carbonyl (C=O) groups is 1. The van der Waals surface area contributed by atoms with Gasteiger partial charge in [-0.25, -0.2) is 4.39 Å². The largest absolute Gasteiger partial charge is 0.348 e. The van der Waals surface area contributed by atoms with Crippen molar-refractivity contribution in [2.75, 3.05) is 0 Å². The van der Waals surface area contributed by atoms with Crippen LogP contribution in [0.15, 0.2) is 30.6 Å². The Kier molecular flexibility index (Phi) is 3.39. The molecule has 2 N–H and O–H groups in total. The van der Waals surface area contributed by atoms with Crippen LogP contribution in [0.5, 0.6) is 0 Å². The number of amides is 1. The van der Waals surface area contributed by atoms with Crippen molar-refractivity contribution >= 4 is 17.5 Å². The molecular formula is C11H9ClFN3O. The summed E-state index contributed by atoms with van der Waals surface area (Å²) < 4.78 is 13.1. The van der Waals surface area contributed by atoms with Crippen LogP contribution in [0.25, 0.3) is 0 Å². The van der Waals surface area contributed by atoms with Crippen molar-refractivity contribution in [2.24, 2.45) is 0 Å². The first-order valence-electron chi connectivity index (χ1n) is 4.88. The van der Waals surface area contributed by atoms with Gasteiger partial charge in [-0.15, -0.1) is 0 Å². The fourth-order valence-corrected chi connectivity index (χ4v) is 1.54. The first-order chi connectivity index (χ1) is 8.18. The van der Waals surface area contributed by atoms with Crippen molar-refractivity contribution in [3.8, 4) is 0 Å². The summed E-state index contributed by atoms with van der Waals surface area (Å²) in [7, 11) is 0. The number of nitrogens with zero attached hydrogens (tertiary/aromatic N) is 1. The number of aromatic amines is 1. The number of H-pyrrole nitrogens is 1. The molecule has 0 bridgehead atoms. The summed E-state index contributed by atoms with van der Waals surface area (Å²) in [5.41, 5.74) is 0.945. The smallest absolute Gasteiger partial charge is 0.253 e. The van der Waals surface area contributed by atoms with Crippen molar-refractivity contribution in [3.63, 3.8) is 0 Å². The molecule has 6 heteroatoms. The molecule has 0 fully saturated rings. The Labute approximate surface area is 102 Å². The summed E-state index contributed by atoms with van der Waals surface area (Å²) in [5, 5.41) is 8.82. The van der Waals surface area contributed by atoms with Gasteiger partial charge >= 0.3 is 0 Å². The molecule has 0 atom stereocenters. The topological polar surface area (TPSA) is 57.8 Å². The number of benzene rings is 1. The van der Waals surface area contributed by atoms with Crippen LogP contribution in [-0.2, 0) is 6.54 Å². The number of carbonyl (C=O) groups excluding carboxylic acids is 1. The van der Waals surface area contributed by atoms with E-state index in [2.05, 4.69) is 15.5 Å². The van der Waals surface area contributed by atoms with E-state index >= 15 is 0 Å². The van der Waals surface area contributed by atoms with E-state index in [1.54, 1.807) is 12.4 Å². The van der Waals surface area contributed by atoms with Gasteiger partial charge in [0.2, 0.25) is 0 Å². The van der Waals surface area contributed by atoms with Gasteiger partial charge in [0.15, 0.2) is 0 Å². The van der Waals surface area contributed by atoms with E-state index in [1.807, 2.05) is 0 Å². The number of hydrogen-bond acceptors (Lipinski definition) is 2. The van der Waals surface area contributed by atoms with Crippen molar-refractivity contribution in [1.82, 2.24) is 15.5 Å². The van der Waals surface area contributed by atoms with Crippen molar-refractivity contribution in [3.05, 3.63) is 52.6 Å². The molecule has 1 amide bonds. The Balaban J connectivity index is 2.07. The highest BCUT2D eigenvalue weighted by Gasteiger charge is 2.12. The predicted octanol–water partition coefficient (Wildman–Crippen LogP) is 2.13. The van der Waals surface area contributed by atoms with Gasteiger partial charge in [0.05, 0.1) is 16.8 Å². The third-order valence-electron chi connectivity index (χ3n) is 2.20. The third kappa shape index (κ3) is 2.62. The van der Waals surface area contributed by atoms with E-state index in [-0.39, 0.29) is 10.6 Å². The zero-order chi connectivity index (χ0) is 12.3. The van der Waals surface area contributed by atoms with E-state index < -0.39 is 11.7 Å². The second-order valence-corrected chi connectivity index (χ2v) is 3.77. The average molecular weight is 254 g/mol. The predicted molar refractivity (Wildman–Crippen MR) is 61.2 cm³/mol. The van der Waals surface area contributed by atoms with Gasteiger partial charge in [-0.05, 0) is 12.1 Å². The summed E-state index contributed by atoms with van der Waals surface area (Å²) in [6, 6.07) is 4.11. The first kappa shape index (κ1) is 11.6. The highest BCUT2D eigenvalue weighted by molar-refractivity contribution is 6.34. The highest BCUT2D eigenvalue weighted by atomic mass is 35.5. The van der Waals surface area contributed by atoms with E-state index in [9.17, 15) is 9.18 Å². The Bertz CT molecular complexity index is 528. The molecular weight excluding hydrogens is 245 g/mol. The number of halogens is 2. The molecule has 0 spiro atoms. The average Bonchev–Trinajstić information content (AvgIpc) is 2.82.